The number of hydrogen-bond donors (Lipinski definition) is 0. The topological polar surface area (TPSA) is 26.3 Å². The maximum atomic E-state index is 11.8. The van der Waals surface area contributed by atoms with Crippen LogP contribution in [-0.2, 0) is 9.53 Å². The van der Waals surface area contributed by atoms with Crippen LogP contribution in [-0.4, -0.2) is 12.1 Å². The Morgan fingerprint density at radius 2 is 1.06 bits per heavy atom. The molecule has 0 aromatic heterocycles. The summed E-state index contributed by atoms with van der Waals surface area (Å²) in [4.78, 5) is 11.8. The summed E-state index contributed by atoms with van der Waals surface area (Å²) in [5, 5.41) is 0. The Morgan fingerprint density at radius 1 is 0.560 bits per heavy atom. The number of carbonyl (C=O) groups excluding carboxylic acids is 1. The molecule has 4 rings (SSSR count). The summed E-state index contributed by atoms with van der Waals surface area (Å²) in [5.74, 6) is 3.69. The van der Waals surface area contributed by atoms with Gasteiger partial charge in [-0.2, -0.15) is 0 Å². The van der Waals surface area contributed by atoms with Crippen molar-refractivity contribution in [1.29, 1.82) is 0 Å². The Balaban J connectivity index is 1.30. The van der Waals surface area contributed by atoms with E-state index in [-0.39, 0.29) is 5.60 Å². The van der Waals surface area contributed by atoms with Crippen LogP contribution < -0.4 is 0 Å². The van der Waals surface area contributed by atoms with E-state index in [1.165, 1.54) is 218 Å². The second-order valence-corrected chi connectivity index (χ2v) is 19.2. The average Bonchev–Trinajstić information content (AvgIpc) is 3.15. The fraction of sp³-hybridized carbons (Fsp3) is 0.979. The van der Waals surface area contributed by atoms with Crippen LogP contribution in [0.1, 0.15) is 258 Å². The molecule has 1 unspecified atom stereocenters. The van der Waals surface area contributed by atoms with E-state index in [0.717, 1.165) is 49.4 Å². The highest BCUT2D eigenvalue weighted by Crippen LogP contribution is 2.60. The molecule has 0 aromatic carbocycles. The SMILES string of the molecule is CCCCCCCCCC[C@H]1CC[C@H](C2(CC(C)C3([C@H]4CC[C@@](CCCCCCCCCC)(OC=O)CC4)CCCCC3)CCCCC2)CC1. The van der Waals surface area contributed by atoms with Gasteiger partial charge in [0.15, 0.2) is 0 Å². The predicted octanol–water partition coefficient (Wildman–Crippen LogP) is 15.9. The lowest BCUT2D eigenvalue weighted by Gasteiger charge is -2.55. The minimum absolute atomic E-state index is 0.169. The van der Waals surface area contributed by atoms with Gasteiger partial charge >= 0.3 is 0 Å². The molecule has 292 valence electrons. The number of hydrogen-bond acceptors (Lipinski definition) is 2. The van der Waals surface area contributed by atoms with Crippen molar-refractivity contribution in [2.45, 2.75) is 264 Å². The Hall–Kier alpha value is -0.530. The first-order valence-electron chi connectivity index (χ1n) is 23.6. The lowest BCUT2D eigenvalue weighted by Crippen LogP contribution is -2.47. The molecule has 4 aliphatic rings. The molecule has 0 N–H and O–H groups in total. The third-order valence-corrected chi connectivity index (χ3v) is 16.0. The molecule has 4 aliphatic carbocycles. The van der Waals surface area contributed by atoms with Gasteiger partial charge < -0.3 is 4.74 Å². The smallest absolute Gasteiger partial charge is 0.293 e. The zero-order valence-electron chi connectivity index (χ0n) is 34.4. The van der Waals surface area contributed by atoms with E-state index in [1.54, 1.807) is 0 Å². The van der Waals surface area contributed by atoms with Gasteiger partial charge in [0.25, 0.3) is 6.47 Å². The maximum Gasteiger partial charge on any atom is 0.293 e. The Labute approximate surface area is 313 Å². The minimum Gasteiger partial charge on any atom is -0.461 e. The van der Waals surface area contributed by atoms with Crippen molar-refractivity contribution in [1.82, 2.24) is 0 Å². The third-order valence-electron chi connectivity index (χ3n) is 16.0. The second-order valence-electron chi connectivity index (χ2n) is 19.2. The van der Waals surface area contributed by atoms with E-state index in [1.807, 2.05) is 0 Å². The average molecular weight is 697 g/mol. The van der Waals surface area contributed by atoms with Gasteiger partial charge in [0.2, 0.25) is 0 Å². The molecule has 50 heavy (non-hydrogen) atoms. The lowest BCUT2D eigenvalue weighted by molar-refractivity contribution is -0.152. The largest absolute Gasteiger partial charge is 0.461 e. The van der Waals surface area contributed by atoms with Crippen LogP contribution in [0.25, 0.3) is 0 Å². The Morgan fingerprint density at radius 3 is 1.60 bits per heavy atom. The molecule has 0 bridgehead atoms. The highest BCUT2D eigenvalue weighted by molar-refractivity contribution is 5.38. The van der Waals surface area contributed by atoms with Gasteiger partial charge in [-0.05, 0) is 118 Å². The number of ether oxygens (including phenoxy) is 1. The molecule has 4 saturated carbocycles. The number of unbranched alkanes of at least 4 members (excludes halogenated alkanes) is 14. The van der Waals surface area contributed by atoms with Crippen molar-refractivity contribution in [3.63, 3.8) is 0 Å². The fourth-order valence-electron chi connectivity index (χ4n) is 12.8. The van der Waals surface area contributed by atoms with Crippen LogP contribution in [0.2, 0.25) is 0 Å². The summed E-state index contributed by atoms with van der Waals surface area (Å²) in [6, 6.07) is 0. The van der Waals surface area contributed by atoms with Crippen molar-refractivity contribution in [2.75, 3.05) is 0 Å². The van der Waals surface area contributed by atoms with Crippen molar-refractivity contribution in [3.8, 4) is 0 Å². The highest BCUT2D eigenvalue weighted by Gasteiger charge is 2.51. The van der Waals surface area contributed by atoms with Crippen LogP contribution in [0.5, 0.6) is 0 Å². The summed E-state index contributed by atoms with van der Waals surface area (Å²) in [6.45, 7) is 8.18. The molecule has 0 heterocycles. The molecule has 0 radical (unpaired) electrons. The maximum absolute atomic E-state index is 11.8. The van der Waals surface area contributed by atoms with E-state index in [0.29, 0.717) is 10.8 Å². The quantitative estimate of drug-likeness (QED) is 0.0701. The van der Waals surface area contributed by atoms with E-state index in [2.05, 4.69) is 20.8 Å². The first-order chi connectivity index (χ1) is 24.5. The zero-order valence-corrected chi connectivity index (χ0v) is 34.4. The van der Waals surface area contributed by atoms with Gasteiger partial charge in [0, 0.05) is 0 Å². The molecule has 2 heteroatoms. The summed E-state index contributed by atoms with van der Waals surface area (Å²) in [6.07, 6.45) is 52.4. The first kappa shape index (κ1) is 42.2. The molecule has 4 fully saturated rings. The first-order valence-corrected chi connectivity index (χ1v) is 23.6. The zero-order chi connectivity index (χ0) is 35.4. The summed E-state index contributed by atoms with van der Waals surface area (Å²) < 4.78 is 6.06. The van der Waals surface area contributed by atoms with Gasteiger partial charge in [-0.25, -0.2) is 0 Å². The third kappa shape index (κ3) is 12.8. The minimum atomic E-state index is -0.169. The molecular weight excluding hydrogens is 609 g/mol. The van der Waals surface area contributed by atoms with E-state index >= 15 is 0 Å². The highest BCUT2D eigenvalue weighted by atomic mass is 16.5. The Kier molecular flexibility index (Phi) is 19.7. The molecule has 0 spiro atoms. The van der Waals surface area contributed by atoms with E-state index in [4.69, 9.17) is 4.74 Å². The van der Waals surface area contributed by atoms with E-state index < -0.39 is 0 Å². The molecule has 0 amide bonds. The van der Waals surface area contributed by atoms with Crippen LogP contribution in [0.15, 0.2) is 0 Å². The van der Waals surface area contributed by atoms with E-state index in [9.17, 15) is 4.79 Å². The number of rotatable bonds is 25. The fourth-order valence-corrected chi connectivity index (χ4v) is 12.8. The molecule has 1 atom stereocenters. The van der Waals surface area contributed by atoms with Gasteiger partial charge in [-0.15, -0.1) is 0 Å². The van der Waals surface area contributed by atoms with Crippen LogP contribution >= 0.6 is 0 Å². The summed E-state index contributed by atoms with van der Waals surface area (Å²) >= 11 is 0. The summed E-state index contributed by atoms with van der Waals surface area (Å²) in [5.41, 5.74) is 0.987. The standard InChI is InChI=1S/C48H88O2/c1-4-6-8-10-12-14-16-20-26-43-27-29-44(30-28-43)46(33-21-18-22-34-46)40-42(3)48(36-24-19-25-37-48)45-31-38-47(39-32-45,50-41-49)35-23-17-15-13-11-9-7-5-2/h41-45H,4-40H2,1-3H3/t42?,43-,44-,45-,47+. The van der Waals surface area contributed by atoms with Crippen molar-refractivity contribution >= 4 is 6.47 Å². The van der Waals surface area contributed by atoms with Gasteiger partial charge in [-0.1, -0.05) is 175 Å². The Bertz CT molecular complexity index is 849. The van der Waals surface area contributed by atoms with Gasteiger partial charge in [0.05, 0.1) is 0 Å². The summed E-state index contributed by atoms with van der Waals surface area (Å²) in [7, 11) is 0. The monoisotopic (exact) mass is 697 g/mol. The van der Waals surface area contributed by atoms with Crippen LogP contribution in [0.3, 0.4) is 0 Å². The lowest BCUT2D eigenvalue weighted by atomic mass is 9.50. The molecular formula is C48H88O2. The van der Waals surface area contributed by atoms with Crippen molar-refractivity contribution in [2.24, 2.45) is 34.5 Å². The molecule has 2 nitrogen and oxygen atoms in total. The second kappa shape index (κ2) is 23.3. The van der Waals surface area contributed by atoms with Crippen LogP contribution in [0, 0.1) is 34.5 Å². The molecule has 0 aliphatic heterocycles. The predicted molar refractivity (Wildman–Crippen MR) is 217 cm³/mol. The van der Waals surface area contributed by atoms with Crippen molar-refractivity contribution < 1.29 is 9.53 Å². The van der Waals surface area contributed by atoms with Crippen LogP contribution in [0.4, 0.5) is 0 Å². The molecule has 0 aromatic rings. The van der Waals surface area contributed by atoms with Crippen molar-refractivity contribution in [3.05, 3.63) is 0 Å². The number of carbonyl (C=O) groups is 1. The van der Waals surface area contributed by atoms with Gasteiger partial charge in [-0.3, -0.25) is 4.79 Å². The normalized spacial score (nSPS) is 29.0. The molecule has 0 saturated heterocycles. The van der Waals surface area contributed by atoms with Gasteiger partial charge in [0.1, 0.15) is 5.60 Å².